The fraction of sp³-hybridized carbons (Fsp3) is 0.500. The van der Waals surface area contributed by atoms with Crippen LogP contribution in [0.2, 0.25) is 0 Å². The van der Waals surface area contributed by atoms with Crippen molar-refractivity contribution >= 4 is 17.7 Å². The summed E-state index contributed by atoms with van der Waals surface area (Å²) in [6, 6.07) is 7.89. The quantitative estimate of drug-likeness (QED) is 0.825. The molecule has 0 spiro atoms. The maximum Gasteiger partial charge on any atom is 0.316 e. The van der Waals surface area contributed by atoms with Gasteiger partial charge in [-0.2, -0.15) is 0 Å². The molecule has 0 aromatic heterocycles. The molecule has 0 heterocycles. The van der Waals surface area contributed by atoms with Crippen molar-refractivity contribution in [3.63, 3.8) is 0 Å². The minimum atomic E-state index is -0.718. The zero-order valence-electron chi connectivity index (χ0n) is 11.1. The molecule has 18 heavy (non-hydrogen) atoms. The molecule has 0 bridgehead atoms. The summed E-state index contributed by atoms with van der Waals surface area (Å²) in [6.45, 7) is 3.89. The van der Waals surface area contributed by atoms with Crippen LogP contribution in [0.4, 0.5) is 0 Å². The van der Waals surface area contributed by atoms with Crippen LogP contribution in [0.15, 0.2) is 24.3 Å². The Hall–Kier alpha value is -1.16. The molecule has 0 fully saturated rings. The van der Waals surface area contributed by atoms with Gasteiger partial charge in [0.05, 0.1) is 7.11 Å². The Balaban J connectivity index is 2.42. The molecule has 1 unspecified atom stereocenters. The van der Waals surface area contributed by atoms with E-state index in [1.165, 1.54) is 17.3 Å². The maximum atomic E-state index is 11.0. The summed E-state index contributed by atoms with van der Waals surface area (Å²) in [4.78, 5) is 11.0. The van der Waals surface area contributed by atoms with E-state index >= 15 is 0 Å². The number of carboxylic acids is 1. The van der Waals surface area contributed by atoms with Gasteiger partial charge in [-0.1, -0.05) is 26.0 Å². The van der Waals surface area contributed by atoms with Gasteiger partial charge < -0.3 is 9.84 Å². The first-order valence-electron chi connectivity index (χ1n) is 6.02. The molecule has 100 valence electrons. The molecule has 0 radical (unpaired) electrons. The molecule has 4 heteroatoms. The second-order valence-electron chi connectivity index (χ2n) is 4.47. The van der Waals surface area contributed by atoms with Crippen molar-refractivity contribution in [2.75, 3.05) is 12.9 Å². The summed E-state index contributed by atoms with van der Waals surface area (Å²) in [5, 5.41) is 8.76. The Bertz CT molecular complexity index is 373. The normalized spacial score (nSPS) is 12.4. The number of aryl methyl sites for hydroxylation is 1. The van der Waals surface area contributed by atoms with Crippen molar-refractivity contribution < 1.29 is 14.6 Å². The van der Waals surface area contributed by atoms with Gasteiger partial charge in [-0.05, 0) is 35.8 Å². The Morgan fingerprint density at radius 2 is 1.94 bits per heavy atom. The summed E-state index contributed by atoms with van der Waals surface area (Å²) in [5.74, 6) is 1.10. The van der Waals surface area contributed by atoms with E-state index in [-0.39, 0.29) is 11.2 Å². The van der Waals surface area contributed by atoms with Crippen LogP contribution in [0.1, 0.15) is 19.4 Å². The third kappa shape index (κ3) is 4.61. The third-order valence-electron chi connectivity index (χ3n) is 2.70. The molecule has 0 amide bonds. The van der Waals surface area contributed by atoms with E-state index in [4.69, 9.17) is 9.84 Å². The first-order valence-corrected chi connectivity index (χ1v) is 7.06. The fourth-order valence-corrected chi connectivity index (χ4v) is 2.78. The molecule has 1 N–H and O–H groups in total. The summed E-state index contributed by atoms with van der Waals surface area (Å²) >= 11 is 1.51. The number of benzene rings is 1. The first kappa shape index (κ1) is 14.9. The van der Waals surface area contributed by atoms with E-state index in [0.717, 1.165) is 17.9 Å². The highest BCUT2D eigenvalue weighted by Gasteiger charge is 2.21. The van der Waals surface area contributed by atoms with E-state index in [1.807, 2.05) is 38.1 Å². The molecule has 0 saturated carbocycles. The zero-order chi connectivity index (χ0) is 13.5. The minimum Gasteiger partial charge on any atom is -0.497 e. The second kappa shape index (κ2) is 7.31. The molecule has 1 aromatic rings. The van der Waals surface area contributed by atoms with Crippen molar-refractivity contribution in [1.82, 2.24) is 0 Å². The average molecular weight is 268 g/mol. The number of rotatable bonds is 7. The largest absolute Gasteiger partial charge is 0.497 e. The Morgan fingerprint density at radius 1 is 1.33 bits per heavy atom. The number of thioether (sulfide) groups is 1. The van der Waals surface area contributed by atoms with Crippen LogP contribution < -0.4 is 4.74 Å². The molecule has 3 nitrogen and oxygen atoms in total. The summed E-state index contributed by atoms with van der Waals surface area (Å²) in [7, 11) is 1.64. The lowest BCUT2D eigenvalue weighted by atomic mass is 10.1. The van der Waals surface area contributed by atoms with E-state index in [1.54, 1.807) is 7.11 Å². The number of ether oxygens (including phenoxy) is 1. The van der Waals surface area contributed by atoms with Crippen LogP contribution in [0.25, 0.3) is 0 Å². The molecule has 1 rings (SSSR count). The fourth-order valence-electron chi connectivity index (χ4n) is 1.64. The predicted molar refractivity (Wildman–Crippen MR) is 75.4 cm³/mol. The molecule has 0 aliphatic heterocycles. The SMILES string of the molecule is COc1ccc(CCSC(C(=O)O)C(C)C)cc1. The van der Waals surface area contributed by atoms with Gasteiger partial charge in [0.15, 0.2) is 0 Å². The molecule has 0 aliphatic carbocycles. The highest BCUT2D eigenvalue weighted by molar-refractivity contribution is 8.00. The lowest BCUT2D eigenvalue weighted by Crippen LogP contribution is -2.23. The van der Waals surface area contributed by atoms with Gasteiger partial charge in [0, 0.05) is 0 Å². The predicted octanol–water partition coefficient (Wildman–Crippen LogP) is 3.08. The van der Waals surface area contributed by atoms with Crippen molar-refractivity contribution in [2.45, 2.75) is 25.5 Å². The second-order valence-corrected chi connectivity index (χ2v) is 5.72. The number of hydrogen-bond donors (Lipinski definition) is 1. The Kier molecular flexibility index (Phi) is 6.05. The van der Waals surface area contributed by atoms with Gasteiger partial charge in [0.1, 0.15) is 11.0 Å². The van der Waals surface area contributed by atoms with E-state index in [9.17, 15) is 4.79 Å². The molecular weight excluding hydrogens is 248 g/mol. The standard InChI is InChI=1S/C14H20O3S/c1-10(2)13(14(15)16)18-9-8-11-4-6-12(17-3)7-5-11/h4-7,10,13H,8-9H2,1-3H3,(H,15,16). The van der Waals surface area contributed by atoms with Gasteiger partial charge in [-0.3, -0.25) is 4.79 Å². The maximum absolute atomic E-state index is 11.0. The van der Waals surface area contributed by atoms with Crippen molar-refractivity contribution in [3.05, 3.63) is 29.8 Å². The first-order chi connectivity index (χ1) is 8.54. The molecule has 0 saturated heterocycles. The van der Waals surface area contributed by atoms with Crippen LogP contribution in [-0.4, -0.2) is 29.2 Å². The van der Waals surface area contributed by atoms with Crippen molar-refractivity contribution in [2.24, 2.45) is 5.92 Å². The van der Waals surface area contributed by atoms with Crippen LogP contribution in [0, 0.1) is 5.92 Å². The monoisotopic (exact) mass is 268 g/mol. The van der Waals surface area contributed by atoms with E-state index < -0.39 is 5.97 Å². The van der Waals surface area contributed by atoms with Gasteiger partial charge in [0.25, 0.3) is 0 Å². The van der Waals surface area contributed by atoms with Crippen LogP contribution in [0.3, 0.4) is 0 Å². The molecular formula is C14H20O3S. The van der Waals surface area contributed by atoms with Crippen LogP contribution in [0.5, 0.6) is 5.75 Å². The van der Waals surface area contributed by atoms with Gasteiger partial charge in [-0.25, -0.2) is 0 Å². The topological polar surface area (TPSA) is 46.5 Å². The van der Waals surface area contributed by atoms with Crippen LogP contribution >= 0.6 is 11.8 Å². The number of aliphatic carboxylic acids is 1. The molecule has 0 aliphatic rings. The zero-order valence-corrected chi connectivity index (χ0v) is 11.9. The van der Waals surface area contributed by atoms with E-state index in [2.05, 4.69) is 0 Å². The lowest BCUT2D eigenvalue weighted by molar-refractivity contribution is -0.137. The lowest BCUT2D eigenvalue weighted by Gasteiger charge is -2.15. The van der Waals surface area contributed by atoms with Crippen molar-refractivity contribution in [1.29, 1.82) is 0 Å². The third-order valence-corrected chi connectivity index (χ3v) is 4.24. The smallest absolute Gasteiger partial charge is 0.316 e. The molecule has 1 aromatic carbocycles. The highest BCUT2D eigenvalue weighted by atomic mass is 32.2. The summed E-state index contributed by atoms with van der Waals surface area (Å²) < 4.78 is 5.09. The highest BCUT2D eigenvalue weighted by Crippen LogP contribution is 2.21. The molecule has 1 atom stereocenters. The number of methoxy groups -OCH3 is 1. The number of carboxylic acid groups (broad SMARTS) is 1. The van der Waals surface area contributed by atoms with Crippen molar-refractivity contribution in [3.8, 4) is 5.75 Å². The Morgan fingerprint density at radius 3 is 2.39 bits per heavy atom. The van der Waals surface area contributed by atoms with Gasteiger partial charge >= 0.3 is 5.97 Å². The van der Waals surface area contributed by atoms with E-state index in [0.29, 0.717) is 0 Å². The van der Waals surface area contributed by atoms with Crippen LogP contribution in [-0.2, 0) is 11.2 Å². The number of carbonyl (C=O) groups is 1. The minimum absolute atomic E-state index is 0.156. The van der Waals surface area contributed by atoms with Gasteiger partial charge in [-0.15, -0.1) is 11.8 Å². The Labute approximate surface area is 113 Å². The van der Waals surface area contributed by atoms with Gasteiger partial charge in [0.2, 0.25) is 0 Å². The number of hydrogen-bond acceptors (Lipinski definition) is 3. The summed E-state index contributed by atoms with van der Waals surface area (Å²) in [5.41, 5.74) is 1.20. The average Bonchev–Trinajstić information content (AvgIpc) is 2.34. The summed E-state index contributed by atoms with van der Waals surface area (Å²) in [6.07, 6.45) is 0.880.